The monoisotopic (exact) mass is 349 g/mol. The first-order chi connectivity index (χ1) is 12.1. The summed E-state index contributed by atoms with van der Waals surface area (Å²) in [5, 5.41) is 0. The molecule has 4 heterocycles. The van der Waals surface area contributed by atoms with E-state index in [4.69, 9.17) is 0 Å². The van der Waals surface area contributed by atoms with Crippen LogP contribution >= 0.6 is 0 Å². The number of hydrogen-bond acceptors (Lipinski definition) is 5. The summed E-state index contributed by atoms with van der Waals surface area (Å²) >= 11 is 0. The van der Waals surface area contributed by atoms with Gasteiger partial charge in [-0.2, -0.15) is 0 Å². The average Bonchev–Trinajstić information content (AvgIpc) is 2.99. The number of piperazine rings is 1. The molecule has 4 aliphatic rings. The maximum absolute atomic E-state index is 2.75. The molecule has 4 rings (SSSR count). The first-order valence-corrected chi connectivity index (χ1v) is 10.7. The summed E-state index contributed by atoms with van der Waals surface area (Å²) in [4.78, 5) is 13.2. The molecule has 0 N–H and O–H groups in total. The maximum atomic E-state index is 2.75. The maximum Gasteiger partial charge on any atom is 0.0507 e. The molecule has 5 heteroatoms. The van der Waals surface area contributed by atoms with Gasteiger partial charge in [-0.15, -0.1) is 0 Å². The van der Waals surface area contributed by atoms with E-state index in [1.807, 2.05) is 0 Å². The number of likely N-dealkylation sites (N-methyl/N-ethyl adjacent to an activating group) is 1. The zero-order valence-corrected chi connectivity index (χ0v) is 16.6. The highest BCUT2D eigenvalue weighted by Gasteiger charge is 2.46. The molecule has 144 valence electrons. The highest BCUT2D eigenvalue weighted by atomic mass is 15.3. The molecule has 0 bridgehead atoms. The van der Waals surface area contributed by atoms with Crippen molar-refractivity contribution in [2.45, 2.75) is 26.2 Å². The van der Waals surface area contributed by atoms with E-state index in [2.05, 4.69) is 38.5 Å². The van der Waals surface area contributed by atoms with Crippen LogP contribution in [-0.2, 0) is 0 Å². The summed E-state index contributed by atoms with van der Waals surface area (Å²) in [5.74, 6) is 0.949. The Balaban J connectivity index is 1.12. The van der Waals surface area contributed by atoms with E-state index in [0.29, 0.717) is 5.41 Å². The van der Waals surface area contributed by atoms with E-state index in [1.54, 1.807) is 0 Å². The topological polar surface area (TPSA) is 16.2 Å². The molecular formula is C20H39N5. The summed E-state index contributed by atoms with van der Waals surface area (Å²) in [6.07, 6.45) is 4.26. The standard InChI is InChI=1S/C20H39N5/c1-3-22-10-12-24(13-11-22)18-23-7-4-19(5-8-23)14-25-16-20(17-25)6-9-21(2)15-20/h19H,3-18H2,1-2H3. The normalized spacial score (nSPS) is 31.0. The zero-order valence-electron chi connectivity index (χ0n) is 16.6. The molecule has 0 aliphatic carbocycles. The highest BCUT2D eigenvalue weighted by molar-refractivity contribution is 5.01. The quantitative estimate of drug-likeness (QED) is 0.732. The molecule has 4 fully saturated rings. The number of nitrogens with zero attached hydrogens (tertiary/aromatic N) is 5. The Kier molecular flexibility index (Phi) is 5.68. The lowest BCUT2D eigenvalue weighted by atomic mass is 9.78. The molecule has 0 amide bonds. The second-order valence-corrected chi connectivity index (χ2v) is 9.41. The predicted molar refractivity (Wildman–Crippen MR) is 104 cm³/mol. The van der Waals surface area contributed by atoms with Crippen molar-refractivity contribution in [2.24, 2.45) is 11.3 Å². The number of hydrogen-bond donors (Lipinski definition) is 0. The predicted octanol–water partition coefficient (Wildman–Crippen LogP) is 0.931. The average molecular weight is 350 g/mol. The third-order valence-corrected chi connectivity index (χ3v) is 7.28. The van der Waals surface area contributed by atoms with Crippen LogP contribution in [0.15, 0.2) is 0 Å². The summed E-state index contributed by atoms with van der Waals surface area (Å²) in [6.45, 7) is 19.2. The second kappa shape index (κ2) is 7.81. The van der Waals surface area contributed by atoms with E-state index >= 15 is 0 Å². The fraction of sp³-hybridized carbons (Fsp3) is 1.00. The molecule has 4 saturated heterocycles. The number of piperidine rings is 1. The van der Waals surface area contributed by atoms with Crippen molar-refractivity contribution in [3.63, 3.8) is 0 Å². The number of rotatable bonds is 5. The van der Waals surface area contributed by atoms with Gasteiger partial charge in [-0.1, -0.05) is 6.92 Å². The Morgan fingerprint density at radius 3 is 2.00 bits per heavy atom. The summed E-state index contributed by atoms with van der Waals surface area (Å²) < 4.78 is 0. The molecule has 0 unspecified atom stereocenters. The minimum Gasteiger partial charge on any atom is -0.306 e. The van der Waals surface area contributed by atoms with E-state index in [0.717, 1.165) is 5.92 Å². The second-order valence-electron chi connectivity index (χ2n) is 9.41. The first-order valence-electron chi connectivity index (χ1n) is 10.7. The van der Waals surface area contributed by atoms with Crippen LogP contribution in [0.5, 0.6) is 0 Å². The zero-order chi connectivity index (χ0) is 17.3. The van der Waals surface area contributed by atoms with E-state index in [9.17, 15) is 0 Å². The minimum absolute atomic E-state index is 0.677. The fourth-order valence-electron chi connectivity index (χ4n) is 5.65. The van der Waals surface area contributed by atoms with Gasteiger partial charge in [0.15, 0.2) is 0 Å². The Morgan fingerprint density at radius 2 is 1.40 bits per heavy atom. The van der Waals surface area contributed by atoms with Crippen LogP contribution in [0.25, 0.3) is 0 Å². The van der Waals surface area contributed by atoms with Crippen LogP contribution in [0.4, 0.5) is 0 Å². The van der Waals surface area contributed by atoms with Crippen LogP contribution in [-0.4, -0.2) is 117 Å². The molecule has 0 aromatic heterocycles. The SMILES string of the molecule is CCN1CCN(CN2CCC(CN3CC4(CCN(C)C4)C3)CC2)CC1. The van der Waals surface area contributed by atoms with Crippen molar-refractivity contribution < 1.29 is 0 Å². The van der Waals surface area contributed by atoms with Crippen LogP contribution in [0.2, 0.25) is 0 Å². The first kappa shape index (κ1) is 18.2. The van der Waals surface area contributed by atoms with Crippen molar-refractivity contribution in [1.82, 2.24) is 24.5 Å². The molecule has 0 radical (unpaired) electrons. The van der Waals surface area contributed by atoms with Crippen molar-refractivity contribution in [1.29, 1.82) is 0 Å². The van der Waals surface area contributed by atoms with Gasteiger partial charge in [-0.05, 0) is 58.4 Å². The summed E-state index contributed by atoms with van der Waals surface area (Å²) in [5.41, 5.74) is 0.677. The minimum atomic E-state index is 0.677. The summed E-state index contributed by atoms with van der Waals surface area (Å²) in [7, 11) is 2.29. The lowest BCUT2D eigenvalue weighted by molar-refractivity contribution is -0.0123. The van der Waals surface area contributed by atoms with Crippen molar-refractivity contribution in [3.05, 3.63) is 0 Å². The van der Waals surface area contributed by atoms with E-state index in [-0.39, 0.29) is 0 Å². The largest absolute Gasteiger partial charge is 0.306 e. The molecular weight excluding hydrogens is 310 g/mol. The fourth-order valence-corrected chi connectivity index (χ4v) is 5.65. The molecule has 0 atom stereocenters. The van der Waals surface area contributed by atoms with Gasteiger partial charge in [0.2, 0.25) is 0 Å². The number of likely N-dealkylation sites (tertiary alicyclic amines) is 3. The highest BCUT2D eigenvalue weighted by Crippen LogP contribution is 2.39. The van der Waals surface area contributed by atoms with Gasteiger partial charge in [0.25, 0.3) is 0 Å². The van der Waals surface area contributed by atoms with Crippen LogP contribution in [0.3, 0.4) is 0 Å². The Labute approximate surface area is 154 Å². The van der Waals surface area contributed by atoms with Crippen molar-refractivity contribution in [3.8, 4) is 0 Å². The Bertz CT molecular complexity index is 420. The molecule has 0 aromatic rings. The van der Waals surface area contributed by atoms with Crippen LogP contribution in [0.1, 0.15) is 26.2 Å². The van der Waals surface area contributed by atoms with Crippen LogP contribution < -0.4 is 0 Å². The molecule has 1 spiro atoms. The lowest BCUT2D eigenvalue weighted by Gasteiger charge is -2.50. The molecule has 0 aromatic carbocycles. The third-order valence-electron chi connectivity index (χ3n) is 7.28. The van der Waals surface area contributed by atoms with Gasteiger partial charge in [0.1, 0.15) is 0 Å². The Morgan fingerprint density at radius 1 is 0.760 bits per heavy atom. The third kappa shape index (κ3) is 4.38. The van der Waals surface area contributed by atoms with Gasteiger partial charge in [-0.3, -0.25) is 9.80 Å². The van der Waals surface area contributed by atoms with Gasteiger partial charge < -0.3 is 14.7 Å². The van der Waals surface area contributed by atoms with Crippen LogP contribution in [0, 0.1) is 11.3 Å². The van der Waals surface area contributed by atoms with E-state index < -0.39 is 0 Å². The molecule has 5 nitrogen and oxygen atoms in total. The van der Waals surface area contributed by atoms with E-state index in [1.165, 1.54) is 104 Å². The van der Waals surface area contributed by atoms with Gasteiger partial charge in [0, 0.05) is 57.8 Å². The lowest BCUT2D eigenvalue weighted by Crippen LogP contribution is -2.59. The molecule has 4 aliphatic heterocycles. The Hall–Kier alpha value is -0.200. The smallest absolute Gasteiger partial charge is 0.0507 e. The van der Waals surface area contributed by atoms with Crippen molar-refractivity contribution >= 4 is 0 Å². The van der Waals surface area contributed by atoms with Crippen molar-refractivity contribution in [2.75, 3.05) is 92.3 Å². The summed E-state index contributed by atoms with van der Waals surface area (Å²) in [6, 6.07) is 0. The van der Waals surface area contributed by atoms with Gasteiger partial charge >= 0.3 is 0 Å². The molecule has 0 saturated carbocycles. The van der Waals surface area contributed by atoms with Gasteiger partial charge in [0.05, 0.1) is 6.67 Å². The van der Waals surface area contributed by atoms with Gasteiger partial charge in [-0.25, -0.2) is 0 Å². The molecule has 25 heavy (non-hydrogen) atoms.